The minimum absolute atomic E-state index is 0.0691. The van der Waals surface area contributed by atoms with Gasteiger partial charge in [0, 0.05) is 5.75 Å². The number of thioether (sulfide) groups is 1. The number of hydrogen-bond donors (Lipinski definition) is 2. The van der Waals surface area contributed by atoms with Crippen molar-refractivity contribution in [1.29, 1.82) is 5.41 Å². The summed E-state index contributed by atoms with van der Waals surface area (Å²) in [6.07, 6.45) is 0. The molecule has 1 heterocycles. The molecule has 0 amide bonds. The van der Waals surface area contributed by atoms with E-state index in [0.29, 0.717) is 5.75 Å². The summed E-state index contributed by atoms with van der Waals surface area (Å²) in [4.78, 5) is 4.29. The van der Waals surface area contributed by atoms with Gasteiger partial charge in [0.15, 0.2) is 4.34 Å². The third-order valence-corrected chi connectivity index (χ3v) is 4.48. The largest absolute Gasteiger partial charge is 0.387 e. The maximum Gasteiger partial charge on any atom is 0.170 e. The van der Waals surface area contributed by atoms with Crippen molar-refractivity contribution in [2.75, 3.05) is 5.75 Å². The normalized spacial score (nSPS) is 12.3. The second-order valence-electron chi connectivity index (χ2n) is 3.84. The van der Waals surface area contributed by atoms with Gasteiger partial charge in [0.25, 0.3) is 0 Å². The molecule has 3 N–H and O–H groups in total. The monoisotopic (exact) mass is 278 g/mol. The minimum atomic E-state index is -0.0691. The van der Waals surface area contributed by atoms with Crippen LogP contribution in [-0.2, 0) is 0 Å². The predicted molar refractivity (Wildman–Crippen MR) is 76.5 cm³/mol. The summed E-state index contributed by atoms with van der Waals surface area (Å²) >= 11 is 2.99. The molecule has 94 valence electrons. The van der Waals surface area contributed by atoms with Crippen molar-refractivity contribution in [2.24, 2.45) is 5.73 Å². The first-order chi connectivity index (χ1) is 8.66. The van der Waals surface area contributed by atoms with Crippen LogP contribution in [0.25, 0.3) is 0 Å². The number of rotatable bonds is 5. The number of hydrogen-bond acceptors (Lipinski definition) is 5. The number of aryl methyl sites for hydroxylation is 1. The maximum absolute atomic E-state index is 7.69. The molecule has 0 aliphatic heterocycles. The van der Waals surface area contributed by atoms with Crippen LogP contribution < -0.4 is 5.73 Å². The van der Waals surface area contributed by atoms with Crippen LogP contribution in [0.3, 0.4) is 0 Å². The van der Waals surface area contributed by atoms with Crippen molar-refractivity contribution in [1.82, 2.24) is 9.36 Å². The Morgan fingerprint density at radius 3 is 2.72 bits per heavy atom. The van der Waals surface area contributed by atoms with Crippen LogP contribution in [0, 0.1) is 12.3 Å². The lowest BCUT2D eigenvalue weighted by Gasteiger charge is -2.14. The lowest BCUT2D eigenvalue weighted by molar-refractivity contribution is 1.00. The van der Waals surface area contributed by atoms with Gasteiger partial charge in [0.2, 0.25) is 0 Å². The van der Waals surface area contributed by atoms with E-state index in [0.717, 1.165) is 15.7 Å². The standard InChI is InChI=1S/C12H14N4S2/c1-8-15-12(18-16-8)17-7-10(11(13)14)9-5-3-2-4-6-9/h2-6,10H,7H2,1H3,(H3,13,14). The summed E-state index contributed by atoms with van der Waals surface area (Å²) in [6.45, 7) is 1.88. The van der Waals surface area contributed by atoms with Crippen LogP contribution in [0.5, 0.6) is 0 Å². The fourth-order valence-electron chi connectivity index (χ4n) is 1.54. The Morgan fingerprint density at radius 1 is 1.44 bits per heavy atom. The minimum Gasteiger partial charge on any atom is -0.387 e. The molecule has 18 heavy (non-hydrogen) atoms. The van der Waals surface area contributed by atoms with E-state index in [1.165, 1.54) is 11.5 Å². The van der Waals surface area contributed by atoms with Crippen LogP contribution in [0.15, 0.2) is 34.7 Å². The molecule has 2 aromatic rings. The molecular formula is C12H14N4S2. The number of benzene rings is 1. The van der Waals surface area contributed by atoms with Crippen LogP contribution >= 0.6 is 23.3 Å². The third kappa shape index (κ3) is 3.30. The summed E-state index contributed by atoms with van der Waals surface area (Å²) in [5.41, 5.74) is 6.74. The molecule has 0 aliphatic rings. The molecule has 0 fully saturated rings. The summed E-state index contributed by atoms with van der Waals surface area (Å²) in [5, 5.41) is 7.69. The van der Waals surface area contributed by atoms with E-state index < -0.39 is 0 Å². The molecule has 0 saturated carbocycles. The first-order valence-corrected chi connectivity index (χ1v) is 7.24. The second kappa shape index (κ2) is 5.97. The molecule has 2 rings (SSSR count). The summed E-state index contributed by atoms with van der Waals surface area (Å²) < 4.78 is 5.06. The van der Waals surface area contributed by atoms with Crippen molar-refractivity contribution >= 4 is 29.1 Å². The van der Waals surface area contributed by atoms with Crippen LogP contribution in [0.2, 0.25) is 0 Å². The highest BCUT2D eigenvalue weighted by molar-refractivity contribution is 8.01. The van der Waals surface area contributed by atoms with Gasteiger partial charge in [-0.1, -0.05) is 42.1 Å². The SMILES string of the molecule is Cc1nsc(SCC(C(=N)N)c2ccccc2)n1. The van der Waals surface area contributed by atoms with E-state index in [2.05, 4.69) is 9.36 Å². The van der Waals surface area contributed by atoms with Gasteiger partial charge in [0.05, 0.1) is 11.8 Å². The second-order valence-corrected chi connectivity index (χ2v) is 5.86. The lowest BCUT2D eigenvalue weighted by atomic mass is 10.0. The van der Waals surface area contributed by atoms with E-state index in [4.69, 9.17) is 11.1 Å². The first-order valence-electron chi connectivity index (χ1n) is 5.49. The molecular weight excluding hydrogens is 264 g/mol. The Labute approximate surface area is 114 Å². The molecule has 1 aromatic heterocycles. The molecule has 6 heteroatoms. The highest BCUT2D eigenvalue weighted by atomic mass is 32.2. The highest BCUT2D eigenvalue weighted by Gasteiger charge is 2.16. The maximum atomic E-state index is 7.69. The molecule has 0 bridgehead atoms. The number of nitrogens with one attached hydrogen (secondary N) is 1. The zero-order valence-corrected chi connectivity index (χ0v) is 11.6. The van der Waals surface area contributed by atoms with Crippen molar-refractivity contribution in [3.8, 4) is 0 Å². The average molecular weight is 278 g/mol. The van der Waals surface area contributed by atoms with E-state index >= 15 is 0 Å². The van der Waals surface area contributed by atoms with Gasteiger partial charge in [-0.3, -0.25) is 5.41 Å². The highest BCUT2D eigenvalue weighted by Crippen LogP contribution is 2.27. The van der Waals surface area contributed by atoms with Gasteiger partial charge in [-0.2, -0.15) is 4.37 Å². The van der Waals surface area contributed by atoms with Gasteiger partial charge in [0.1, 0.15) is 5.82 Å². The van der Waals surface area contributed by atoms with Crippen LogP contribution in [0.4, 0.5) is 0 Å². The van der Waals surface area contributed by atoms with E-state index in [1.54, 1.807) is 11.8 Å². The summed E-state index contributed by atoms with van der Waals surface area (Å²) in [6, 6.07) is 9.88. The molecule has 0 spiro atoms. The fraction of sp³-hybridized carbons (Fsp3) is 0.250. The quantitative estimate of drug-likeness (QED) is 0.501. The molecule has 0 aliphatic carbocycles. The summed E-state index contributed by atoms with van der Waals surface area (Å²) in [7, 11) is 0. The van der Waals surface area contributed by atoms with Gasteiger partial charge >= 0.3 is 0 Å². The molecule has 1 atom stereocenters. The van der Waals surface area contributed by atoms with Crippen molar-refractivity contribution in [3.05, 3.63) is 41.7 Å². The Morgan fingerprint density at radius 2 is 2.17 bits per heavy atom. The zero-order chi connectivity index (χ0) is 13.0. The third-order valence-electron chi connectivity index (χ3n) is 2.46. The number of nitrogens with two attached hydrogens (primary N) is 1. The first kappa shape index (κ1) is 13.0. The average Bonchev–Trinajstić information content (AvgIpc) is 2.76. The molecule has 1 unspecified atom stereocenters. The van der Waals surface area contributed by atoms with Gasteiger partial charge in [-0.15, -0.1) is 0 Å². The van der Waals surface area contributed by atoms with E-state index in [1.807, 2.05) is 37.3 Å². The predicted octanol–water partition coefficient (Wildman–Crippen LogP) is 2.66. The van der Waals surface area contributed by atoms with Crippen LogP contribution in [-0.4, -0.2) is 20.9 Å². The topological polar surface area (TPSA) is 75.7 Å². The Kier molecular flexibility index (Phi) is 4.33. The van der Waals surface area contributed by atoms with Crippen molar-refractivity contribution < 1.29 is 0 Å². The van der Waals surface area contributed by atoms with Gasteiger partial charge in [-0.05, 0) is 24.0 Å². The van der Waals surface area contributed by atoms with Crippen LogP contribution in [0.1, 0.15) is 17.3 Å². The van der Waals surface area contributed by atoms with Gasteiger partial charge in [-0.25, -0.2) is 4.98 Å². The Bertz CT molecular complexity index is 524. The lowest BCUT2D eigenvalue weighted by Crippen LogP contribution is -2.22. The fourth-order valence-corrected chi connectivity index (χ4v) is 3.37. The Balaban J connectivity index is 2.06. The van der Waals surface area contributed by atoms with E-state index in [-0.39, 0.29) is 11.8 Å². The zero-order valence-electron chi connectivity index (χ0n) is 9.96. The molecule has 4 nitrogen and oxygen atoms in total. The number of amidine groups is 1. The molecule has 0 saturated heterocycles. The molecule has 0 radical (unpaired) electrons. The van der Waals surface area contributed by atoms with E-state index in [9.17, 15) is 0 Å². The van der Waals surface area contributed by atoms with Crippen molar-refractivity contribution in [2.45, 2.75) is 17.2 Å². The molecule has 1 aromatic carbocycles. The van der Waals surface area contributed by atoms with Gasteiger partial charge < -0.3 is 5.73 Å². The Hall–Kier alpha value is -1.40. The summed E-state index contributed by atoms with van der Waals surface area (Å²) in [5.74, 6) is 1.63. The number of nitrogens with zero attached hydrogens (tertiary/aromatic N) is 2. The number of aromatic nitrogens is 2. The smallest absolute Gasteiger partial charge is 0.170 e. The van der Waals surface area contributed by atoms with Crippen molar-refractivity contribution in [3.63, 3.8) is 0 Å².